The van der Waals surface area contributed by atoms with Gasteiger partial charge < -0.3 is 4.74 Å². The minimum Gasteiger partial charge on any atom is -0.465 e. The summed E-state index contributed by atoms with van der Waals surface area (Å²) in [5.74, 6) is 0.417. The molecule has 0 aliphatic heterocycles. The van der Waals surface area contributed by atoms with Crippen molar-refractivity contribution in [1.82, 2.24) is 9.55 Å². The van der Waals surface area contributed by atoms with E-state index in [9.17, 15) is 9.59 Å². The van der Waals surface area contributed by atoms with Crippen LogP contribution in [0.4, 0.5) is 0 Å². The number of benzene rings is 2. The molecular weight excluding hydrogens is 386 g/mol. The maximum absolute atomic E-state index is 13.1. The van der Waals surface area contributed by atoms with E-state index in [4.69, 9.17) is 10.00 Å². The van der Waals surface area contributed by atoms with Gasteiger partial charge in [-0.3, -0.25) is 9.36 Å². The number of hydrogen-bond acceptors (Lipinski definition) is 6. The monoisotopic (exact) mass is 407 g/mol. The van der Waals surface area contributed by atoms with Gasteiger partial charge in [0.25, 0.3) is 5.56 Å². The van der Waals surface area contributed by atoms with Crippen molar-refractivity contribution in [2.24, 2.45) is 5.92 Å². The molecule has 0 atom stereocenters. The summed E-state index contributed by atoms with van der Waals surface area (Å²) in [7, 11) is 1.32. The molecule has 0 saturated carbocycles. The molecule has 0 amide bonds. The fourth-order valence-corrected chi connectivity index (χ4v) is 3.87. The number of rotatable bonds is 6. The number of carbonyl (C=O) groups is 1. The van der Waals surface area contributed by atoms with Gasteiger partial charge in [-0.15, -0.1) is 0 Å². The number of hydrogen-bond donors (Lipinski definition) is 0. The summed E-state index contributed by atoms with van der Waals surface area (Å²) in [6.07, 6.45) is 0. The SMILES string of the molecule is COC(=O)c1ccc2c(=O)n(CC(C)C)c(SCc3ccc(C#N)cc3)nc2c1. The molecule has 0 spiro atoms. The Morgan fingerprint density at radius 3 is 2.59 bits per heavy atom. The zero-order chi connectivity index (χ0) is 21.0. The summed E-state index contributed by atoms with van der Waals surface area (Å²) < 4.78 is 6.46. The molecule has 3 aromatic rings. The number of thioether (sulfide) groups is 1. The van der Waals surface area contributed by atoms with Gasteiger partial charge in [0, 0.05) is 12.3 Å². The topological polar surface area (TPSA) is 85.0 Å². The normalized spacial score (nSPS) is 10.9. The van der Waals surface area contributed by atoms with E-state index >= 15 is 0 Å². The minimum atomic E-state index is -0.466. The lowest BCUT2D eigenvalue weighted by atomic mass is 10.1. The van der Waals surface area contributed by atoms with Crippen LogP contribution in [0.3, 0.4) is 0 Å². The van der Waals surface area contributed by atoms with Gasteiger partial charge in [-0.1, -0.05) is 37.7 Å². The van der Waals surface area contributed by atoms with Crippen LogP contribution in [0.2, 0.25) is 0 Å². The van der Waals surface area contributed by atoms with Gasteiger partial charge in [-0.2, -0.15) is 5.26 Å². The minimum absolute atomic E-state index is 0.123. The highest BCUT2D eigenvalue weighted by molar-refractivity contribution is 7.98. The molecule has 0 saturated heterocycles. The highest BCUT2D eigenvalue weighted by Crippen LogP contribution is 2.24. The van der Waals surface area contributed by atoms with E-state index in [-0.39, 0.29) is 11.5 Å². The molecule has 0 fully saturated rings. The molecule has 148 valence electrons. The smallest absolute Gasteiger partial charge is 0.337 e. The number of nitrogens with zero attached hydrogens (tertiary/aromatic N) is 3. The Hall–Kier alpha value is -3.11. The van der Waals surface area contributed by atoms with E-state index in [0.29, 0.717) is 39.5 Å². The van der Waals surface area contributed by atoms with Gasteiger partial charge >= 0.3 is 5.97 Å². The molecule has 0 radical (unpaired) electrons. The molecule has 0 N–H and O–H groups in total. The fraction of sp³-hybridized carbons (Fsp3) is 0.273. The van der Waals surface area contributed by atoms with Crippen molar-refractivity contribution >= 4 is 28.6 Å². The number of esters is 1. The van der Waals surface area contributed by atoms with Crippen molar-refractivity contribution in [3.05, 3.63) is 69.5 Å². The van der Waals surface area contributed by atoms with Crippen LogP contribution in [-0.2, 0) is 17.0 Å². The Balaban J connectivity index is 2.02. The molecule has 0 bridgehead atoms. The van der Waals surface area contributed by atoms with E-state index in [1.165, 1.54) is 18.9 Å². The van der Waals surface area contributed by atoms with Crippen LogP contribution in [-0.4, -0.2) is 22.6 Å². The van der Waals surface area contributed by atoms with Gasteiger partial charge in [0.1, 0.15) is 0 Å². The lowest BCUT2D eigenvalue weighted by molar-refractivity contribution is 0.0601. The summed E-state index contributed by atoms with van der Waals surface area (Å²) >= 11 is 1.46. The Morgan fingerprint density at radius 1 is 1.24 bits per heavy atom. The molecule has 0 aliphatic rings. The highest BCUT2D eigenvalue weighted by Gasteiger charge is 2.15. The van der Waals surface area contributed by atoms with Crippen molar-refractivity contribution in [2.45, 2.75) is 31.3 Å². The van der Waals surface area contributed by atoms with Crippen molar-refractivity contribution in [2.75, 3.05) is 7.11 Å². The lowest BCUT2D eigenvalue weighted by Gasteiger charge is -2.15. The third kappa shape index (κ3) is 4.66. The van der Waals surface area contributed by atoms with Crippen LogP contribution in [0.15, 0.2) is 52.4 Å². The molecule has 6 nitrogen and oxygen atoms in total. The first-order valence-electron chi connectivity index (χ1n) is 9.17. The van der Waals surface area contributed by atoms with E-state index in [1.54, 1.807) is 34.9 Å². The van der Waals surface area contributed by atoms with Crippen LogP contribution >= 0.6 is 11.8 Å². The molecule has 29 heavy (non-hydrogen) atoms. The number of aromatic nitrogens is 2. The Morgan fingerprint density at radius 2 is 1.97 bits per heavy atom. The summed E-state index contributed by atoms with van der Waals surface area (Å²) in [5, 5.41) is 10.0. The fourth-order valence-electron chi connectivity index (χ4n) is 2.91. The molecule has 0 aliphatic carbocycles. The first kappa shape index (κ1) is 20.6. The average Bonchev–Trinajstić information content (AvgIpc) is 2.73. The first-order valence-corrected chi connectivity index (χ1v) is 10.2. The third-order valence-corrected chi connectivity index (χ3v) is 5.39. The maximum atomic E-state index is 13.1. The van der Waals surface area contributed by atoms with Crippen LogP contribution in [0.1, 0.15) is 35.3 Å². The van der Waals surface area contributed by atoms with Crippen LogP contribution in [0, 0.1) is 17.2 Å². The third-order valence-electron chi connectivity index (χ3n) is 4.34. The zero-order valence-corrected chi connectivity index (χ0v) is 17.3. The van der Waals surface area contributed by atoms with Crippen LogP contribution < -0.4 is 5.56 Å². The summed E-state index contributed by atoms with van der Waals surface area (Å²) in [6.45, 7) is 4.65. The molecule has 1 heterocycles. The van der Waals surface area contributed by atoms with Gasteiger partial charge in [0.05, 0.1) is 35.2 Å². The standard InChI is InChI=1S/C22H21N3O3S/c1-14(2)12-25-20(26)18-9-8-17(21(27)28-3)10-19(18)24-22(25)29-13-16-6-4-15(11-23)5-7-16/h4-10,14H,12-13H2,1-3H3. The number of ether oxygens (including phenoxy) is 1. The lowest BCUT2D eigenvalue weighted by Crippen LogP contribution is -2.25. The number of carbonyl (C=O) groups excluding carboxylic acids is 1. The quantitative estimate of drug-likeness (QED) is 0.349. The predicted molar refractivity (Wildman–Crippen MR) is 113 cm³/mol. The number of nitriles is 1. The van der Waals surface area contributed by atoms with Gasteiger partial charge in [-0.25, -0.2) is 9.78 Å². The Bertz CT molecular complexity index is 1140. The van der Waals surface area contributed by atoms with Crippen molar-refractivity contribution < 1.29 is 9.53 Å². The number of methoxy groups -OCH3 is 1. The summed E-state index contributed by atoms with van der Waals surface area (Å²) in [5.41, 5.74) is 2.34. The van der Waals surface area contributed by atoms with Gasteiger partial charge in [0.15, 0.2) is 5.16 Å². The van der Waals surface area contributed by atoms with Crippen molar-refractivity contribution in [1.29, 1.82) is 5.26 Å². The maximum Gasteiger partial charge on any atom is 0.337 e. The Labute approximate surface area is 173 Å². The second-order valence-corrected chi connectivity index (χ2v) is 7.97. The highest BCUT2D eigenvalue weighted by atomic mass is 32.2. The van der Waals surface area contributed by atoms with Gasteiger partial charge in [0.2, 0.25) is 0 Å². The zero-order valence-electron chi connectivity index (χ0n) is 16.5. The molecule has 2 aromatic carbocycles. The van der Waals surface area contributed by atoms with Crippen molar-refractivity contribution in [3.63, 3.8) is 0 Å². The van der Waals surface area contributed by atoms with Crippen LogP contribution in [0.25, 0.3) is 10.9 Å². The van der Waals surface area contributed by atoms with Gasteiger partial charge in [-0.05, 0) is 41.8 Å². The van der Waals surface area contributed by atoms with Crippen molar-refractivity contribution in [3.8, 4) is 6.07 Å². The van der Waals surface area contributed by atoms with E-state index < -0.39 is 5.97 Å². The van der Waals surface area contributed by atoms with Crippen LogP contribution in [0.5, 0.6) is 0 Å². The van der Waals surface area contributed by atoms with E-state index in [1.807, 2.05) is 26.0 Å². The van der Waals surface area contributed by atoms with E-state index in [0.717, 1.165) is 5.56 Å². The predicted octanol–water partition coefficient (Wildman–Crippen LogP) is 4.00. The first-order chi connectivity index (χ1) is 13.9. The average molecular weight is 407 g/mol. The summed E-state index contributed by atoms with van der Waals surface area (Å²) in [4.78, 5) is 29.6. The molecular formula is C22H21N3O3S. The molecule has 1 aromatic heterocycles. The molecule has 3 rings (SSSR count). The molecule has 7 heteroatoms. The number of fused-ring (bicyclic) bond motifs is 1. The van der Waals surface area contributed by atoms with E-state index in [2.05, 4.69) is 11.1 Å². The second kappa shape index (κ2) is 8.93. The molecule has 0 unspecified atom stereocenters. The largest absolute Gasteiger partial charge is 0.465 e. The second-order valence-electron chi connectivity index (χ2n) is 7.02. The Kier molecular flexibility index (Phi) is 6.35. The summed E-state index contributed by atoms with van der Waals surface area (Å²) in [6, 6.07) is 14.2.